The van der Waals surface area contributed by atoms with Crippen molar-refractivity contribution in [3.05, 3.63) is 16.1 Å². The predicted octanol–water partition coefficient (Wildman–Crippen LogP) is 1.31. The van der Waals surface area contributed by atoms with Crippen molar-refractivity contribution in [2.75, 3.05) is 19.7 Å². The van der Waals surface area contributed by atoms with Crippen molar-refractivity contribution in [1.29, 1.82) is 0 Å². The zero-order chi connectivity index (χ0) is 15.7. The number of carbonyl (C=O) groups is 2. The van der Waals surface area contributed by atoms with Gasteiger partial charge in [0.15, 0.2) is 6.10 Å². The van der Waals surface area contributed by atoms with E-state index in [0.29, 0.717) is 11.4 Å². The normalized spacial score (nSPS) is 28.8. The summed E-state index contributed by atoms with van der Waals surface area (Å²) < 4.78 is 10.9. The van der Waals surface area contributed by atoms with E-state index in [4.69, 9.17) is 14.6 Å². The molecule has 0 bridgehead atoms. The first-order valence-electron chi connectivity index (χ1n) is 7.29. The fraction of sp³-hybridized carbons (Fsp3) is 0.643. The summed E-state index contributed by atoms with van der Waals surface area (Å²) in [7, 11) is 0. The topological polar surface area (TPSA) is 89.0 Å². The fourth-order valence-electron chi connectivity index (χ4n) is 2.72. The Hall–Kier alpha value is -1.51. The van der Waals surface area contributed by atoms with Gasteiger partial charge in [-0.15, -0.1) is 11.3 Å². The molecule has 1 aromatic rings. The summed E-state index contributed by atoms with van der Waals surface area (Å²) in [5.41, 5.74) is 0. The number of aliphatic carboxylic acids is 1. The number of carboxylic acid groups (broad SMARTS) is 1. The van der Waals surface area contributed by atoms with Gasteiger partial charge in [-0.3, -0.25) is 4.79 Å². The van der Waals surface area contributed by atoms with Crippen LogP contribution in [0.2, 0.25) is 0 Å². The van der Waals surface area contributed by atoms with Crippen molar-refractivity contribution in [2.24, 2.45) is 0 Å². The first-order chi connectivity index (χ1) is 10.5. The lowest BCUT2D eigenvalue weighted by Crippen LogP contribution is -2.51. The molecule has 0 aliphatic carbocycles. The minimum Gasteiger partial charge on any atom is -0.479 e. The molecule has 3 atom stereocenters. The minimum absolute atomic E-state index is 0.0121. The summed E-state index contributed by atoms with van der Waals surface area (Å²) in [6.07, 6.45) is 2.20. The molecule has 2 fully saturated rings. The third kappa shape index (κ3) is 3.13. The van der Waals surface area contributed by atoms with Crippen LogP contribution in [0.3, 0.4) is 0 Å². The maximum absolute atomic E-state index is 12.5. The molecule has 2 aliphatic heterocycles. The Labute approximate surface area is 131 Å². The van der Waals surface area contributed by atoms with Crippen molar-refractivity contribution >= 4 is 23.2 Å². The van der Waals surface area contributed by atoms with E-state index in [1.807, 2.05) is 0 Å². The summed E-state index contributed by atoms with van der Waals surface area (Å²) in [6.45, 7) is 2.94. The van der Waals surface area contributed by atoms with Gasteiger partial charge in [-0.2, -0.15) is 0 Å². The Balaban J connectivity index is 1.71. The van der Waals surface area contributed by atoms with Gasteiger partial charge >= 0.3 is 5.97 Å². The molecule has 0 spiro atoms. The maximum atomic E-state index is 12.5. The fourth-order valence-corrected chi connectivity index (χ4v) is 3.69. The smallest absolute Gasteiger partial charge is 0.334 e. The van der Waals surface area contributed by atoms with Crippen LogP contribution in [0.1, 0.15) is 40.5 Å². The van der Waals surface area contributed by atoms with Crippen LogP contribution in [0, 0.1) is 0 Å². The summed E-state index contributed by atoms with van der Waals surface area (Å²) in [5, 5.41) is 9.90. The van der Waals surface area contributed by atoms with E-state index in [0.717, 1.165) is 24.5 Å². The van der Waals surface area contributed by atoms with E-state index in [1.165, 1.54) is 16.2 Å². The number of amides is 1. The number of hydrogen-bond donors (Lipinski definition) is 1. The van der Waals surface area contributed by atoms with Crippen LogP contribution in [0.4, 0.5) is 0 Å². The lowest BCUT2D eigenvalue weighted by Gasteiger charge is -2.34. The van der Waals surface area contributed by atoms with Gasteiger partial charge in [-0.05, 0) is 19.8 Å². The van der Waals surface area contributed by atoms with E-state index in [1.54, 1.807) is 13.1 Å². The van der Waals surface area contributed by atoms with Gasteiger partial charge in [-0.1, -0.05) is 0 Å². The molecule has 1 N–H and O–H groups in total. The number of thiazole rings is 1. The molecule has 1 aromatic heterocycles. The summed E-state index contributed by atoms with van der Waals surface area (Å²) in [6, 6.07) is 0. The average molecular weight is 326 g/mol. The largest absolute Gasteiger partial charge is 0.479 e. The molecule has 0 aromatic carbocycles. The lowest BCUT2D eigenvalue weighted by atomic mass is 10.2. The van der Waals surface area contributed by atoms with Crippen LogP contribution < -0.4 is 0 Å². The summed E-state index contributed by atoms with van der Waals surface area (Å²) >= 11 is 1.33. The number of carbonyl (C=O) groups excluding carboxylic acids is 1. The number of aromatic nitrogens is 1. The first kappa shape index (κ1) is 15.4. The first-order valence-corrected chi connectivity index (χ1v) is 8.11. The lowest BCUT2D eigenvalue weighted by molar-refractivity contribution is -0.160. The summed E-state index contributed by atoms with van der Waals surface area (Å²) in [5.74, 6) is -1.24. The monoisotopic (exact) mass is 326 g/mol. The molecule has 120 valence electrons. The van der Waals surface area contributed by atoms with Crippen LogP contribution in [0.15, 0.2) is 6.20 Å². The SMILES string of the molecule is C[C@@H]1CN(C(=O)c2cnc(C3CCCO3)s2)CC(C(=O)O)O1. The van der Waals surface area contributed by atoms with Gasteiger partial charge in [0.05, 0.1) is 18.8 Å². The number of morpholine rings is 1. The molecular formula is C14H18N2O5S. The highest BCUT2D eigenvalue weighted by molar-refractivity contribution is 7.13. The van der Waals surface area contributed by atoms with Gasteiger partial charge < -0.3 is 19.5 Å². The van der Waals surface area contributed by atoms with E-state index in [2.05, 4.69) is 4.98 Å². The highest BCUT2D eigenvalue weighted by Gasteiger charge is 2.34. The van der Waals surface area contributed by atoms with Crippen molar-refractivity contribution in [1.82, 2.24) is 9.88 Å². The summed E-state index contributed by atoms with van der Waals surface area (Å²) in [4.78, 5) is 30.0. The minimum atomic E-state index is -1.05. The van der Waals surface area contributed by atoms with Crippen molar-refractivity contribution in [2.45, 2.75) is 38.1 Å². The van der Waals surface area contributed by atoms with E-state index in [-0.39, 0.29) is 24.7 Å². The van der Waals surface area contributed by atoms with Gasteiger partial charge in [-0.25, -0.2) is 9.78 Å². The molecule has 0 radical (unpaired) electrons. The Morgan fingerprint density at radius 1 is 1.45 bits per heavy atom. The molecule has 3 rings (SSSR count). The van der Waals surface area contributed by atoms with E-state index < -0.39 is 12.1 Å². The van der Waals surface area contributed by atoms with Crippen LogP contribution in [-0.2, 0) is 14.3 Å². The second kappa shape index (κ2) is 6.31. The van der Waals surface area contributed by atoms with Gasteiger partial charge in [0.25, 0.3) is 5.91 Å². The zero-order valence-corrected chi connectivity index (χ0v) is 13.0. The molecule has 22 heavy (non-hydrogen) atoms. The molecule has 2 unspecified atom stereocenters. The zero-order valence-electron chi connectivity index (χ0n) is 12.2. The maximum Gasteiger partial charge on any atom is 0.334 e. The van der Waals surface area contributed by atoms with Crippen LogP contribution in [-0.4, -0.2) is 58.8 Å². The van der Waals surface area contributed by atoms with Gasteiger partial charge in [0, 0.05) is 13.2 Å². The Kier molecular flexibility index (Phi) is 4.42. The Morgan fingerprint density at radius 2 is 2.27 bits per heavy atom. The number of carboxylic acids is 1. The van der Waals surface area contributed by atoms with Crippen molar-refractivity contribution in [3.8, 4) is 0 Å². The number of nitrogens with zero attached hydrogens (tertiary/aromatic N) is 2. The molecule has 3 heterocycles. The Bertz CT molecular complexity index is 569. The van der Waals surface area contributed by atoms with Crippen LogP contribution in [0.25, 0.3) is 0 Å². The highest BCUT2D eigenvalue weighted by atomic mass is 32.1. The van der Waals surface area contributed by atoms with Gasteiger partial charge in [0.2, 0.25) is 0 Å². The number of rotatable bonds is 3. The van der Waals surface area contributed by atoms with Crippen molar-refractivity contribution in [3.63, 3.8) is 0 Å². The second-order valence-electron chi connectivity index (χ2n) is 5.55. The predicted molar refractivity (Wildman–Crippen MR) is 77.9 cm³/mol. The highest BCUT2D eigenvalue weighted by Crippen LogP contribution is 2.31. The molecular weight excluding hydrogens is 308 g/mol. The van der Waals surface area contributed by atoms with Gasteiger partial charge in [0.1, 0.15) is 16.0 Å². The molecule has 7 nitrogen and oxygen atoms in total. The third-order valence-corrected chi connectivity index (χ3v) is 4.84. The van der Waals surface area contributed by atoms with E-state index >= 15 is 0 Å². The molecule has 2 aliphatic rings. The quantitative estimate of drug-likeness (QED) is 0.901. The van der Waals surface area contributed by atoms with Crippen LogP contribution >= 0.6 is 11.3 Å². The Morgan fingerprint density at radius 3 is 2.95 bits per heavy atom. The van der Waals surface area contributed by atoms with E-state index in [9.17, 15) is 9.59 Å². The third-order valence-electron chi connectivity index (χ3n) is 3.76. The average Bonchev–Trinajstić information content (AvgIpc) is 3.16. The molecule has 2 saturated heterocycles. The van der Waals surface area contributed by atoms with Crippen molar-refractivity contribution < 1.29 is 24.2 Å². The van der Waals surface area contributed by atoms with Crippen LogP contribution in [0.5, 0.6) is 0 Å². The molecule has 1 amide bonds. The molecule has 8 heteroatoms. The number of hydrogen-bond acceptors (Lipinski definition) is 6. The standard InChI is InChI=1S/C14H18N2O5S/c1-8-6-16(7-10(21-8)14(18)19)13(17)11-5-15-12(22-11)9-3-2-4-20-9/h5,8-10H,2-4,6-7H2,1H3,(H,18,19)/t8-,9?,10?/m1/s1. The number of ether oxygens (including phenoxy) is 2. The second-order valence-corrected chi connectivity index (χ2v) is 6.61. The molecule has 0 saturated carbocycles.